The van der Waals surface area contributed by atoms with Crippen molar-refractivity contribution >= 4 is 30.0 Å². The van der Waals surface area contributed by atoms with Crippen LogP contribution in [-0.2, 0) is 14.4 Å². The topological polar surface area (TPSA) is 90.0 Å². The minimum Gasteiger partial charge on any atom is -0.478 e. The van der Waals surface area contributed by atoms with Crippen LogP contribution in [0.1, 0.15) is 75.7 Å². The molecule has 0 aliphatic heterocycles. The summed E-state index contributed by atoms with van der Waals surface area (Å²) in [7, 11) is 3.58. The van der Waals surface area contributed by atoms with E-state index in [1.54, 1.807) is 7.05 Å². The second kappa shape index (κ2) is 19.0. The Labute approximate surface area is 201 Å². The Bertz CT molecular complexity index is 560. The molecule has 0 aromatic carbocycles. The number of carbonyl (C=O) groups excluding carboxylic acids is 2. The Balaban J connectivity index is -0.000000510. The minimum atomic E-state index is -0.954. The van der Waals surface area contributed by atoms with Gasteiger partial charge in [-0.25, -0.2) is 4.79 Å². The van der Waals surface area contributed by atoms with Crippen LogP contribution < -0.4 is 5.32 Å². The predicted molar refractivity (Wildman–Crippen MR) is 138 cm³/mol. The van der Waals surface area contributed by atoms with Gasteiger partial charge < -0.3 is 15.3 Å². The van der Waals surface area contributed by atoms with E-state index in [1.165, 1.54) is 24.3 Å². The first kappa shape index (κ1) is 35.1. The lowest BCUT2D eigenvalue weighted by Gasteiger charge is -2.30. The fourth-order valence-corrected chi connectivity index (χ4v) is 2.84. The first-order valence-electron chi connectivity index (χ1n) is 11.2. The second-order valence-electron chi connectivity index (χ2n) is 9.30. The third-order valence-corrected chi connectivity index (χ3v) is 5.66. The number of nitrogens with one attached hydrogen (secondary N) is 1. The Morgan fingerprint density at radius 2 is 1.56 bits per heavy atom. The Morgan fingerprint density at radius 1 is 1.09 bits per heavy atom. The molecule has 0 saturated heterocycles. The molecule has 0 aliphatic rings. The average molecular weight is 476 g/mol. The van der Waals surface area contributed by atoms with Crippen LogP contribution >= 0.6 is 11.8 Å². The number of nitrogens with zero attached hydrogens (tertiary/aromatic N) is 2. The first-order chi connectivity index (χ1) is 14.5. The summed E-state index contributed by atoms with van der Waals surface area (Å²) in [6.07, 6.45) is 3.38. The number of hydrogen-bond acceptors (Lipinski definition) is 5. The summed E-state index contributed by atoms with van der Waals surface area (Å²) in [4.78, 5) is 35.6. The molecule has 2 unspecified atom stereocenters. The summed E-state index contributed by atoms with van der Waals surface area (Å²) in [5.74, 6) is -0.847. The zero-order valence-corrected chi connectivity index (χ0v) is 23.3. The number of likely N-dealkylation sites (N-methyl/N-ethyl adjacent to an activating group) is 2. The van der Waals surface area contributed by atoms with Gasteiger partial charge >= 0.3 is 5.97 Å². The molecular formula is C24H49N3O4S. The lowest BCUT2D eigenvalue weighted by Crippen LogP contribution is -2.46. The maximum Gasteiger partial charge on any atom is 0.331 e. The minimum absolute atomic E-state index is 0.104. The van der Waals surface area contributed by atoms with Gasteiger partial charge in [-0.15, -0.1) is 11.8 Å². The molecule has 0 fully saturated rings. The van der Waals surface area contributed by atoms with E-state index in [4.69, 9.17) is 5.11 Å². The van der Waals surface area contributed by atoms with Gasteiger partial charge in [-0.3, -0.25) is 14.5 Å². The Hall–Kier alpha value is -1.54. The van der Waals surface area contributed by atoms with Crippen LogP contribution in [0, 0.1) is 5.41 Å². The molecule has 32 heavy (non-hydrogen) atoms. The van der Waals surface area contributed by atoms with E-state index in [1.807, 2.05) is 18.8 Å². The molecule has 0 aromatic heterocycles. The molecule has 8 heteroatoms. The molecule has 0 saturated carbocycles. The zero-order chi connectivity index (χ0) is 26.1. The molecule has 0 aromatic rings. The SMILES string of the molecule is C/C(=C\CN(C)C=O)C(=O)O.CC(C)SC(C)N(C)CC(=O)NC(C)C(C)(C)C.CCC. The van der Waals surface area contributed by atoms with Gasteiger partial charge in [0, 0.05) is 30.5 Å². The molecule has 0 aliphatic carbocycles. The highest BCUT2D eigenvalue weighted by molar-refractivity contribution is 8.00. The van der Waals surface area contributed by atoms with Gasteiger partial charge in [0.15, 0.2) is 0 Å². The predicted octanol–water partition coefficient (Wildman–Crippen LogP) is 4.48. The monoisotopic (exact) mass is 475 g/mol. The molecule has 0 heterocycles. The summed E-state index contributed by atoms with van der Waals surface area (Å²) in [6.45, 7) is 21.5. The Kier molecular flexibility index (Phi) is 20.8. The summed E-state index contributed by atoms with van der Waals surface area (Å²) >= 11 is 1.87. The van der Waals surface area contributed by atoms with Crippen LogP contribution in [-0.4, -0.2) is 77.0 Å². The first-order valence-corrected chi connectivity index (χ1v) is 12.2. The summed E-state index contributed by atoms with van der Waals surface area (Å²) < 4.78 is 0. The van der Waals surface area contributed by atoms with Crippen molar-refractivity contribution in [2.75, 3.05) is 27.2 Å². The van der Waals surface area contributed by atoms with Gasteiger partial charge in [-0.2, -0.15) is 0 Å². The van der Waals surface area contributed by atoms with Crippen LogP contribution in [0.3, 0.4) is 0 Å². The third-order valence-electron chi connectivity index (χ3n) is 4.36. The molecule has 0 spiro atoms. The number of carboxylic acids is 1. The van der Waals surface area contributed by atoms with Gasteiger partial charge in [-0.05, 0) is 33.2 Å². The highest BCUT2D eigenvalue weighted by Crippen LogP contribution is 2.20. The fraction of sp³-hybridized carbons (Fsp3) is 0.792. The van der Waals surface area contributed by atoms with Crippen LogP contribution in [0.4, 0.5) is 0 Å². The maximum atomic E-state index is 11.9. The van der Waals surface area contributed by atoms with Crippen molar-refractivity contribution in [2.45, 2.75) is 92.3 Å². The standard InChI is InChI=1S/C14H30N2OS.C7H11NO3.C3H8/c1-10(2)18-12(4)16(8)9-13(17)15-11(3)14(5,6)7;1-6(7(10)11)3-4-8(2)5-9;1-3-2/h10-12H,9H2,1-8H3,(H,15,17);3,5H,4H2,1-2H3,(H,10,11);3H2,1-2H3/b;6-3+;. The lowest BCUT2D eigenvalue weighted by molar-refractivity contribution is -0.132. The van der Waals surface area contributed by atoms with Gasteiger partial charge in [0.2, 0.25) is 12.3 Å². The number of carboxylic acid groups (broad SMARTS) is 1. The largest absolute Gasteiger partial charge is 0.478 e. The number of aliphatic carboxylic acids is 1. The van der Waals surface area contributed by atoms with Crippen LogP contribution in [0.15, 0.2) is 11.6 Å². The molecule has 2 amide bonds. The molecule has 2 atom stereocenters. The van der Waals surface area contributed by atoms with Crippen LogP contribution in [0.2, 0.25) is 0 Å². The highest BCUT2D eigenvalue weighted by atomic mass is 32.2. The fourth-order valence-electron chi connectivity index (χ4n) is 1.77. The van der Waals surface area contributed by atoms with Crippen molar-refractivity contribution in [3.63, 3.8) is 0 Å². The molecule has 0 rings (SSSR count). The van der Waals surface area contributed by atoms with Crippen molar-refractivity contribution in [3.05, 3.63) is 11.6 Å². The van der Waals surface area contributed by atoms with Crippen molar-refractivity contribution in [1.82, 2.24) is 15.1 Å². The molecule has 7 nitrogen and oxygen atoms in total. The second-order valence-corrected chi connectivity index (χ2v) is 11.2. The van der Waals surface area contributed by atoms with E-state index in [2.05, 4.69) is 72.5 Å². The molecule has 2 N–H and O–H groups in total. The molecule has 0 bridgehead atoms. The number of hydrogen-bond donors (Lipinski definition) is 2. The van der Waals surface area contributed by atoms with Crippen molar-refractivity contribution in [3.8, 4) is 0 Å². The number of amides is 2. The van der Waals surface area contributed by atoms with E-state index in [-0.39, 0.29) is 22.9 Å². The van der Waals surface area contributed by atoms with Crippen LogP contribution in [0.25, 0.3) is 0 Å². The van der Waals surface area contributed by atoms with Crippen molar-refractivity contribution < 1.29 is 19.5 Å². The number of rotatable bonds is 10. The van der Waals surface area contributed by atoms with Gasteiger partial charge in [0.05, 0.1) is 11.9 Å². The van der Waals surface area contributed by atoms with E-state index in [0.29, 0.717) is 30.1 Å². The maximum absolute atomic E-state index is 11.9. The summed E-state index contributed by atoms with van der Waals surface area (Å²) in [6, 6.07) is 0.187. The number of thioether (sulfide) groups is 1. The van der Waals surface area contributed by atoms with Crippen LogP contribution in [0.5, 0.6) is 0 Å². The Morgan fingerprint density at radius 3 is 1.91 bits per heavy atom. The van der Waals surface area contributed by atoms with E-state index >= 15 is 0 Å². The summed E-state index contributed by atoms with van der Waals surface area (Å²) in [5.41, 5.74) is 0.352. The highest BCUT2D eigenvalue weighted by Gasteiger charge is 2.22. The van der Waals surface area contributed by atoms with Gasteiger partial charge in [-0.1, -0.05) is 61.0 Å². The van der Waals surface area contributed by atoms with Gasteiger partial charge in [0.1, 0.15) is 0 Å². The van der Waals surface area contributed by atoms with Crippen molar-refractivity contribution in [1.29, 1.82) is 0 Å². The molecular weight excluding hydrogens is 426 g/mol. The number of carbonyl (C=O) groups is 3. The quantitative estimate of drug-likeness (QED) is 0.275. The normalized spacial score (nSPS) is 13.2. The van der Waals surface area contributed by atoms with Crippen molar-refractivity contribution in [2.24, 2.45) is 5.41 Å². The van der Waals surface area contributed by atoms with E-state index in [0.717, 1.165) is 0 Å². The smallest absolute Gasteiger partial charge is 0.331 e. The van der Waals surface area contributed by atoms with E-state index in [9.17, 15) is 14.4 Å². The van der Waals surface area contributed by atoms with E-state index < -0.39 is 5.97 Å². The zero-order valence-electron chi connectivity index (χ0n) is 22.5. The molecule has 190 valence electrons. The molecule has 0 radical (unpaired) electrons. The average Bonchev–Trinajstić information content (AvgIpc) is 2.65. The van der Waals surface area contributed by atoms with Gasteiger partial charge in [0.25, 0.3) is 0 Å². The third kappa shape index (κ3) is 21.7. The lowest BCUT2D eigenvalue weighted by atomic mass is 9.88. The summed E-state index contributed by atoms with van der Waals surface area (Å²) in [5, 5.41) is 12.4.